The maximum atomic E-state index is 3.96. The second-order valence-electron chi connectivity index (χ2n) is 3.21. The first kappa shape index (κ1) is 7.28. The molecule has 0 radical (unpaired) electrons. The number of rotatable bonds is 1. The largest absolute Gasteiger partial charge is 0.257 e. The molecule has 0 spiro atoms. The van der Waals surface area contributed by atoms with E-state index >= 15 is 0 Å². The van der Waals surface area contributed by atoms with Crippen molar-refractivity contribution in [2.24, 2.45) is 0 Å². The molecule has 0 aliphatic carbocycles. The van der Waals surface area contributed by atoms with Gasteiger partial charge in [-0.3, -0.25) is 5.10 Å². The number of para-hydroxylation sites is 1. The summed E-state index contributed by atoms with van der Waals surface area (Å²) < 4.78 is 0. The molecule has 0 saturated carbocycles. The number of benzene rings is 1. The quantitative estimate of drug-likeness (QED) is 0.695. The van der Waals surface area contributed by atoms with Gasteiger partial charge in [0, 0.05) is 0 Å². The Balaban J connectivity index is 2.73. The molecule has 0 aliphatic rings. The lowest BCUT2D eigenvalue weighted by atomic mass is 10.0. The smallest absolute Gasteiger partial charge is 0.113 e. The van der Waals surface area contributed by atoms with Crippen LogP contribution in [0, 0.1) is 0 Å². The maximum absolute atomic E-state index is 3.96. The molecule has 0 amide bonds. The second kappa shape index (κ2) is 2.59. The molecule has 0 fully saturated rings. The molecule has 2 rings (SSSR count). The molecular weight excluding hydrogens is 150 g/mol. The molecule has 12 heavy (non-hydrogen) atoms. The van der Waals surface area contributed by atoms with Crippen LogP contribution in [0.15, 0.2) is 18.2 Å². The Morgan fingerprint density at radius 3 is 2.92 bits per heavy atom. The fourth-order valence-electron chi connectivity index (χ4n) is 1.37. The van der Waals surface area contributed by atoms with E-state index in [9.17, 15) is 0 Å². The van der Waals surface area contributed by atoms with Crippen LogP contribution in [0.1, 0.15) is 25.3 Å². The van der Waals surface area contributed by atoms with E-state index in [2.05, 4.69) is 35.3 Å². The van der Waals surface area contributed by atoms with Gasteiger partial charge in [-0.05, 0) is 17.5 Å². The summed E-state index contributed by atoms with van der Waals surface area (Å²) in [6.45, 7) is 4.32. The maximum Gasteiger partial charge on any atom is 0.113 e. The summed E-state index contributed by atoms with van der Waals surface area (Å²) in [6.07, 6.45) is 0. The van der Waals surface area contributed by atoms with Crippen molar-refractivity contribution in [1.82, 2.24) is 15.4 Å². The third-order valence-electron chi connectivity index (χ3n) is 2.02. The minimum atomic E-state index is 0.510. The molecule has 1 heterocycles. The van der Waals surface area contributed by atoms with Crippen LogP contribution in [0.3, 0.4) is 0 Å². The highest BCUT2D eigenvalue weighted by molar-refractivity contribution is 5.77. The predicted molar refractivity (Wildman–Crippen MR) is 48.0 cm³/mol. The van der Waals surface area contributed by atoms with Crippen LogP contribution in [0.5, 0.6) is 0 Å². The number of fused-ring (bicyclic) bond motifs is 1. The number of H-pyrrole nitrogens is 1. The summed E-state index contributed by atoms with van der Waals surface area (Å²) in [7, 11) is 0. The molecule has 3 heteroatoms. The first-order valence-corrected chi connectivity index (χ1v) is 4.08. The van der Waals surface area contributed by atoms with Gasteiger partial charge in [-0.15, -0.1) is 5.10 Å². The lowest BCUT2D eigenvalue weighted by Gasteiger charge is -2.04. The third-order valence-corrected chi connectivity index (χ3v) is 2.02. The van der Waals surface area contributed by atoms with E-state index in [4.69, 9.17) is 0 Å². The standard InChI is InChI=1S/C9H11N3/c1-6(2)7-4-3-5-8-9(7)11-12-10-8/h3-6H,1-2H3,(H,10,11,12). The molecule has 1 N–H and O–H groups in total. The van der Waals surface area contributed by atoms with Crippen molar-refractivity contribution in [3.63, 3.8) is 0 Å². The summed E-state index contributed by atoms with van der Waals surface area (Å²) in [5.41, 5.74) is 3.28. The van der Waals surface area contributed by atoms with Crippen LogP contribution >= 0.6 is 0 Å². The van der Waals surface area contributed by atoms with Gasteiger partial charge in [0.15, 0.2) is 0 Å². The number of nitrogens with zero attached hydrogens (tertiary/aromatic N) is 2. The van der Waals surface area contributed by atoms with Gasteiger partial charge in [-0.25, -0.2) is 0 Å². The van der Waals surface area contributed by atoms with Crippen LogP contribution < -0.4 is 0 Å². The highest BCUT2D eigenvalue weighted by Crippen LogP contribution is 2.21. The van der Waals surface area contributed by atoms with E-state index in [1.54, 1.807) is 0 Å². The Hall–Kier alpha value is -1.38. The molecule has 0 aliphatic heterocycles. The number of nitrogens with one attached hydrogen (secondary N) is 1. The van der Waals surface area contributed by atoms with Crippen molar-refractivity contribution < 1.29 is 0 Å². The number of hydrogen-bond acceptors (Lipinski definition) is 2. The molecular formula is C9H11N3. The Kier molecular flexibility index (Phi) is 1.57. The van der Waals surface area contributed by atoms with Gasteiger partial charge >= 0.3 is 0 Å². The van der Waals surface area contributed by atoms with Crippen molar-refractivity contribution in [3.05, 3.63) is 23.8 Å². The third kappa shape index (κ3) is 0.978. The lowest BCUT2D eigenvalue weighted by molar-refractivity contribution is 0.869. The summed E-state index contributed by atoms with van der Waals surface area (Å²) >= 11 is 0. The zero-order valence-corrected chi connectivity index (χ0v) is 7.20. The first-order chi connectivity index (χ1) is 5.79. The molecule has 0 unspecified atom stereocenters. The Morgan fingerprint density at radius 2 is 2.17 bits per heavy atom. The van der Waals surface area contributed by atoms with Crippen LogP contribution in [-0.2, 0) is 0 Å². The van der Waals surface area contributed by atoms with Crippen molar-refractivity contribution in [2.75, 3.05) is 0 Å². The second-order valence-corrected chi connectivity index (χ2v) is 3.21. The molecule has 0 bridgehead atoms. The van der Waals surface area contributed by atoms with Crippen LogP contribution in [0.25, 0.3) is 11.0 Å². The highest BCUT2D eigenvalue weighted by Gasteiger charge is 2.05. The molecule has 62 valence electrons. The van der Waals surface area contributed by atoms with Crippen LogP contribution in [0.2, 0.25) is 0 Å². The minimum Gasteiger partial charge on any atom is -0.257 e. The molecule has 0 saturated heterocycles. The number of hydrogen-bond donors (Lipinski definition) is 1. The van der Waals surface area contributed by atoms with E-state index in [1.165, 1.54) is 5.56 Å². The molecule has 1 aromatic heterocycles. The van der Waals surface area contributed by atoms with E-state index in [-0.39, 0.29) is 0 Å². The van der Waals surface area contributed by atoms with Gasteiger partial charge in [-0.1, -0.05) is 31.2 Å². The monoisotopic (exact) mass is 161 g/mol. The van der Waals surface area contributed by atoms with Crippen LogP contribution in [-0.4, -0.2) is 15.4 Å². The van der Waals surface area contributed by atoms with E-state index in [1.807, 2.05) is 12.1 Å². The zero-order valence-electron chi connectivity index (χ0n) is 7.20. The highest BCUT2D eigenvalue weighted by atomic mass is 15.3. The van der Waals surface area contributed by atoms with Gasteiger partial charge in [-0.2, -0.15) is 0 Å². The molecule has 0 atom stereocenters. The minimum absolute atomic E-state index is 0.510. The van der Waals surface area contributed by atoms with Crippen LogP contribution in [0.4, 0.5) is 0 Å². The Morgan fingerprint density at radius 1 is 1.33 bits per heavy atom. The summed E-state index contributed by atoms with van der Waals surface area (Å²) in [6, 6.07) is 6.08. The first-order valence-electron chi connectivity index (χ1n) is 4.08. The number of aromatic nitrogens is 3. The van der Waals surface area contributed by atoms with E-state index in [0.29, 0.717) is 5.92 Å². The predicted octanol–water partition coefficient (Wildman–Crippen LogP) is 2.08. The summed E-state index contributed by atoms with van der Waals surface area (Å²) in [5, 5.41) is 10.6. The average Bonchev–Trinajstić information content (AvgIpc) is 2.49. The van der Waals surface area contributed by atoms with Crippen molar-refractivity contribution in [3.8, 4) is 0 Å². The Bertz CT molecular complexity index is 389. The SMILES string of the molecule is CC(C)c1cccc2nn[nH]c12. The summed E-state index contributed by atoms with van der Waals surface area (Å²) in [5.74, 6) is 0.510. The summed E-state index contributed by atoms with van der Waals surface area (Å²) in [4.78, 5) is 0. The molecule has 3 nitrogen and oxygen atoms in total. The lowest BCUT2D eigenvalue weighted by Crippen LogP contribution is -1.88. The topological polar surface area (TPSA) is 41.6 Å². The van der Waals surface area contributed by atoms with Gasteiger partial charge in [0.25, 0.3) is 0 Å². The van der Waals surface area contributed by atoms with E-state index in [0.717, 1.165) is 11.0 Å². The molecule has 2 aromatic rings. The van der Waals surface area contributed by atoms with E-state index < -0.39 is 0 Å². The van der Waals surface area contributed by atoms with Gasteiger partial charge < -0.3 is 0 Å². The number of aromatic amines is 1. The van der Waals surface area contributed by atoms with Gasteiger partial charge in [0.2, 0.25) is 0 Å². The average molecular weight is 161 g/mol. The van der Waals surface area contributed by atoms with Gasteiger partial charge in [0.05, 0.1) is 5.52 Å². The normalized spacial score (nSPS) is 11.2. The van der Waals surface area contributed by atoms with Gasteiger partial charge in [0.1, 0.15) is 5.52 Å². The zero-order chi connectivity index (χ0) is 8.55. The fourth-order valence-corrected chi connectivity index (χ4v) is 1.37. The molecule has 1 aromatic carbocycles. The fraction of sp³-hybridized carbons (Fsp3) is 0.333. The van der Waals surface area contributed by atoms with Crippen molar-refractivity contribution in [1.29, 1.82) is 0 Å². The Labute approximate surface area is 70.8 Å². The van der Waals surface area contributed by atoms with Crippen molar-refractivity contribution in [2.45, 2.75) is 19.8 Å². The van der Waals surface area contributed by atoms with Crippen molar-refractivity contribution >= 4 is 11.0 Å².